The number of carboxylic acid groups (broad SMARTS) is 6. The number of hydrogen-bond donors (Lipinski definition) is 10. The van der Waals surface area contributed by atoms with Gasteiger partial charge in [0, 0.05) is 13.2 Å². The van der Waals surface area contributed by atoms with Crippen LogP contribution in [0, 0.1) is 11.8 Å². The van der Waals surface area contributed by atoms with E-state index < -0.39 is 71.7 Å². The minimum absolute atomic E-state index is 0.175. The van der Waals surface area contributed by atoms with E-state index in [0.717, 1.165) is 46.1 Å². The Morgan fingerprint density at radius 3 is 0.881 bits per heavy atom. The molecule has 0 fully saturated rings. The van der Waals surface area contributed by atoms with Crippen molar-refractivity contribution in [3.8, 4) is 0 Å². The number of hydrogen-bond acceptors (Lipinski definition) is 11. The van der Waals surface area contributed by atoms with Crippen LogP contribution in [0.2, 0.25) is 0 Å². The predicted octanol–water partition coefficient (Wildman–Crippen LogP) is 0.212. The van der Waals surface area contributed by atoms with E-state index in [-0.39, 0.29) is 12.8 Å². The molecule has 17 nitrogen and oxygen atoms in total. The molecule has 0 aliphatic carbocycles. The van der Waals surface area contributed by atoms with Gasteiger partial charge in [-0.15, -0.1) is 0 Å². The second kappa shape index (κ2) is 28.3. The zero-order chi connectivity index (χ0) is 34.7. The Morgan fingerprint density at radius 2 is 0.810 bits per heavy atom. The molecule has 0 radical (unpaired) electrons. The summed E-state index contributed by atoms with van der Waals surface area (Å²) in [6.07, 6.45) is 1.43. The molecule has 0 aromatic rings. The van der Waals surface area contributed by atoms with E-state index in [1.54, 1.807) is 0 Å². The molecule has 246 valence electrons. The number of aliphatic carboxylic acids is 6. The van der Waals surface area contributed by atoms with Crippen molar-refractivity contribution in [3.63, 3.8) is 0 Å². The molecule has 42 heavy (non-hydrogen) atoms. The molecule has 18 heteroatoms. The summed E-state index contributed by atoms with van der Waals surface area (Å²) in [4.78, 5) is 63.4. The third-order valence-electron chi connectivity index (χ3n) is 5.17. The van der Waals surface area contributed by atoms with Crippen LogP contribution < -0.4 is 0 Å². The maximum atomic E-state index is 10.7. The zero-order valence-electron chi connectivity index (χ0n) is 24.1. The van der Waals surface area contributed by atoms with Crippen LogP contribution in [0.4, 0.5) is 0 Å². The molecule has 0 saturated carbocycles. The molecule has 4 unspecified atom stereocenters. The first-order valence-corrected chi connectivity index (χ1v) is 13.2. The quantitative estimate of drug-likeness (QED) is 0.0996. The van der Waals surface area contributed by atoms with Gasteiger partial charge in [-0.1, -0.05) is 40.5 Å². The number of aliphatic hydroxyl groups is 4. The summed E-state index contributed by atoms with van der Waals surface area (Å²) < 4.78 is 8.25. The molecule has 0 amide bonds. The summed E-state index contributed by atoms with van der Waals surface area (Å²) in [6.45, 7) is 7.50. The van der Waals surface area contributed by atoms with E-state index in [2.05, 4.69) is 13.8 Å². The van der Waals surface area contributed by atoms with Gasteiger partial charge in [-0.3, -0.25) is 19.2 Å². The molecular weight excluding hydrogens is 608 g/mol. The first-order valence-electron chi connectivity index (χ1n) is 12.6. The van der Waals surface area contributed by atoms with Gasteiger partial charge in [-0.2, -0.15) is 0 Å². The van der Waals surface area contributed by atoms with Gasteiger partial charge in [0.25, 0.3) is 0 Å². The van der Waals surface area contributed by atoms with E-state index in [1.807, 2.05) is 0 Å². The monoisotopic (exact) mass is 652 g/mol. The Hall–Kier alpha value is -2.83. The van der Waals surface area contributed by atoms with Crippen molar-refractivity contribution in [2.75, 3.05) is 13.2 Å². The number of rotatable bonds is 16. The molecule has 0 heterocycles. The van der Waals surface area contributed by atoms with Gasteiger partial charge in [0.05, 0.1) is 24.7 Å². The van der Waals surface area contributed by atoms with Crippen LogP contribution in [-0.4, -0.2) is 111 Å². The first-order chi connectivity index (χ1) is 19.3. The summed E-state index contributed by atoms with van der Waals surface area (Å²) in [5.41, 5.74) is -5.54. The van der Waals surface area contributed by atoms with E-state index >= 15 is 0 Å². The molecule has 0 saturated heterocycles. The summed E-state index contributed by atoms with van der Waals surface area (Å²) in [6, 6.07) is 0. The fraction of sp³-hybridized carbons (Fsp3) is 0.750. The summed E-state index contributed by atoms with van der Waals surface area (Å²) in [7, 11) is 0. The van der Waals surface area contributed by atoms with Crippen LogP contribution in [0.5, 0.6) is 0 Å². The molecule has 0 aliphatic rings. The standard InChI is InChI=1S/2C8H12O7.2C4H10O.O.Ti/c2*1-2-4(6(11)12)8(15,7(13)14)3-5(9)10;2*1-2-3-4-5;;/h2*4,15H,2-3H2,1H3,(H,9,10)(H,11,12)(H,13,14);2*5H,2-4H2,1H3;;. The third kappa shape index (κ3) is 21.9. The van der Waals surface area contributed by atoms with Crippen LogP contribution in [0.25, 0.3) is 0 Å². The average Bonchev–Trinajstić information content (AvgIpc) is 2.86. The van der Waals surface area contributed by atoms with Crippen molar-refractivity contribution in [1.29, 1.82) is 0 Å². The summed E-state index contributed by atoms with van der Waals surface area (Å²) in [5, 5.41) is 86.6. The molecule has 0 bridgehead atoms. The Bertz CT molecular complexity index is 738. The topological polar surface area (TPSA) is 322 Å². The van der Waals surface area contributed by atoms with Crippen molar-refractivity contribution in [2.45, 2.75) is 90.3 Å². The van der Waals surface area contributed by atoms with Crippen LogP contribution in [-0.2, 0) is 52.5 Å². The van der Waals surface area contributed by atoms with E-state index in [1.165, 1.54) is 13.8 Å². The molecule has 0 aromatic heterocycles. The van der Waals surface area contributed by atoms with Crippen molar-refractivity contribution in [2.24, 2.45) is 11.8 Å². The number of carbonyl (C=O) groups is 6. The SMILES string of the molecule is CCC(C(=O)O)C(O)(CC(=O)O)C(=O)O.CCC(C(=O)O)C(O)(CC(=O)O)C(=O)O.CCCCO.CCCCO.[O]=[Ti]. The van der Waals surface area contributed by atoms with Crippen molar-refractivity contribution < 1.29 is 104 Å². The Kier molecular flexibility index (Phi) is 32.9. The molecule has 0 aliphatic heterocycles. The van der Waals surface area contributed by atoms with Gasteiger partial charge in [0.15, 0.2) is 11.2 Å². The van der Waals surface area contributed by atoms with Gasteiger partial charge in [0.1, 0.15) is 0 Å². The van der Waals surface area contributed by atoms with Gasteiger partial charge < -0.3 is 51.1 Å². The maximum absolute atomic E-state index is 10.7. The van der Waals surface area contributed by atoms with Gasteiger partial charge >= 0.3 is 59.5 Å². The van der Waals surface area contributed by atoms with E-state index in [4.69, 9.17) is 44.2 Å². The fourth-order valence-corrected chi connectivity index (χ4v) is 2.91. The van der Waals surface area contributed by atoms with Gasteiger partial charge in [0.2, 0.25) is 0 Å². The summed E-state index contributed by atoms with van der Waals surface area (Å²) >= 11 is 0.750. The second-order valence-electron chi connectivity index (χ2n) is 8.35. The van der Waals surface area contributed by atoms with Gasteiger partial charge in [-0.05, 0) is 25.7 Å². The number of unbranched alkanes of at least 4 members (excludes halogenated alkanes) is 2. The van der Waals surface area contributed by atoms with E-state index in [0.29, 0.717) is 13.2 Å². The second-order valence-corrected chi connectivity index (χ2v) is 8.35. The fourth-order valence-electron chi connectivity index (χ4n) is 2.91. The van der Waals surface area contributed by atoms with Crippen molar-refractivity contribution in [1.82, 2.24) is 0 Å². The van der Waals surface area contributed by atoms with Crippen molar-refractivity contribution in [3.05, 3.63) is 0 Å². The average molecular weight is 652 g/mol. The Labute approximate surface area is 254 Å². The third-order valence-corrected chi connectivity index (χ3v) is 5.17. The summed E-state index contributed by atoms with van der Waals surface area (Å²) in [5.74, 6) is -13.2. The first kappa shape index (κ1) is 48.9. The predicted molar refractivity (Wildman–Crippen MR) is 137 cm³/mol. The van der Waals surface area contributed by atoms with Crippen LogP contribution >= 0.6 is 0 Å². The molecule has 0 aromatic carbocycles. The number of carboxylic acids is 6. The van der Waals surface area contributed by atoms with Crippen LogP contribution in [0.3, 0.4) is 0 Å². The minimum atomic E-state index is -2.77. The normalized spacial score (nSPS) is 13.8. The van der Waals surface area contributed by atoms with Crippen molar-refractivity contribution >= 4 is 35.8 Å². The molecule has 10 N–H and O–H groups in total. The molecule has 4 atom stereocenters. The van der Waals surface area contributed by atoms with Gasteiger partial charge in [-0.25, -0.2) is 9.59 Å². The van der Waals surface area contributed by atoms with Crippen LogP contribution in [0.15, 0.2) is 0 Å². The molecular formula is C24H44O17Ti. The Balaban J connectivity index is -0.000000158. The zero-order valence-corrected chi connectivity index (χ0v) is 25.6. The molecule has 0 spiro atoms. The number of aliphatic hydroxyl groups excluding tert-OH is 2. The van der Waals surface area contributed by atoms with Crippen LogP contribution in [0.1, 0.15) is 79.1 Å². The Morgan fingerprint density at radius 1 is 0.571 bits per heavy atom. The molecule has 0 rings (SSSR count). The van der Waals surface area contributed by atoms with E-state index in [9.17, 15) is 39.0 Å².